The predicted molar refractivity (Wildman–Crippen MR) is 98.4 cm³/mol. The standard InChI is InChI=1S/C20H23N3O2/c1-20(2,3)14-11-9-13(10-12-14)18(24)22-21-17-15-7-5-6-8-16(15)23(4)19(17)25/h5-12,15-16H,1-4H3,(H,22,24). The second-order valence-electron chi connectivity index (χ2n) is 7.47. The Balaban J connectivity index is 1.75. The molecular weight excluding hydrogens is 314 g/mol. The largest absolute Gasteiger partial charge is 0.333 e. The molecule has 1 fully saturated rings. The summed E-state index contributed by atoms with van der Waals surface area (Å²) in [5.74, 6) is -0.595. The highest BCUT2D eigenvalue weighted by Gasteiger charge is 2.41. The van der Waals surface area contributed by atoms with Crippen molar-refractivity contribution >= 4 is 17.5 Å². The van der Waals surface area contributed by atoms with Crippen molar-refractivity contribution in [2.24, 2.45) is 11.0 Å². The van der Waals surface area contributed by atoms with Crippen molar-refractivity contribution in [3.8, 4) is 0 Å². The molecular formula is C20H23N3O2. The van der Waals surface area contributed by atoms with Gasteiger partial charge in [0.1, 0.15) is 5.71 Å². The van der Waals surface area contributed by atoms with Gasteiger partial charge in [-0.2, -0.15) is 5.10 Å². The van der Waals surface area contributed by atoms with Crippen molar-refractivity contribution in [3.63, 3.8) is 0 Å². The van der Waals surface area contributed by atoms with Gasteiger partial charge >= 0.3 is 0 Å². The van der Waals surface area contributed by atoms with E-state index in [1.165, 1.54) is 0 Å². The first kappa shape index (κ1) is 17.1. The molecule has 0 aromatic heterocycles. The van der Waals surface area contributed by atoms with Gasteiger partial charge in [0.25, 0.3) is 11.8 Å². The Morgan fingerprint density at radius 1 is 1.12 bits per heavy atom. The fourth-order valence-electron chi connectivity index (χ4n) is 3.10. The van der Waals surface area contributed by atoms with Crippen molar-refractivity contribution < 1.29 is 9.59 Å². The third kappa shape index (κ3) is 3.27. The number of hydrogen-bond acceptors (Lipinski definition) is 3. The molecule has 5 nitrogen and oxygen atoms in total. The molecule has 1 aliphatic carbocycles. The monoisotopic (exact) mass is 337 g/mol. The summed E-state index contributed by atoms with van der Waals surface area (Å²) in [4.78, 5) is 26.3. The molecule has 1 aliphatic heterocycles. The fraction of sp³-hybridized carbons (Fsp3) is 0.350. The summed E-state index contributed by atoms with van der Waals surface area (Å²) in [6.07, 6.45) is 7.73. The Morgan fingerprint density at radius 3 is 2.40 bits per heavy atom. The number of carbonyl (C=O) groups is 2. The molecule has 0 saturated carbocycles. The van der Waals surface area contributed by atoms with Crippen molar-refractivity contribution in [2.45, 2.75) is 32.2 Å². The Hall–Kier alpha value is -2.69. The van der Waals surface area contributed by atoms with Gasteiger partial charge in [-0.3, -0.25) is 9.59 Å². The maximum absolute atomic E-state index is 12.4. The summed E-state index contributed by atoms with van der Waals surface area (Å²) in [5.41, 5.74) is 4.61. The first-order chi connectivity index (χ1) is 11.8. The van der Waals surface area contributed by atoms with Gasteiger partial charge in [0.2, 0.25) is 0 Å². The zero-order chi connectivity index (χ0) is 18.2. The molecule has 2 unspecified atom stereocenters. The number of rotatable bonds is 2. The third-order valence-electron chi connectivity index (χ3n) is 4.70. The molecule has 0 radical (unpaired) electrons. The molecule has 1 aromatic carbocycles. The minimum atomic E-state index is -0.317. The van der Waals surface area contributed by atoms with Crippen LogP contribution in [-0.2, 0) is 10.2 Å². The molecule has 25 heavy (non-hydrogen) atoms. The number of hydrazone groups is 1. The molecule has 1 saturated heterocycles. The number of nitrogens with zero attached hydrogens (tertiary/aromatic N) is 2. The lowest BCUT2D eigenvalue weighted by Crippen LogP contribution is -2.30. The van der Waals surface area contributed by atoms with Gasteiger partial charge < -0.3 is 4.90 Å². The van der Waals surface area contributed by atoms with Crippen LogP contribution in [0.25, 0.3) is 0 Å². The Bertz CT molecular complexity index is 782. The molecule has 130 valence electrons. The van der Waals surface area contributed by atoms with Crippen LogP contribution in [0.3, 0.4) is 0 Å². The highest BCUT2D eigenvalue weighted by atomic mass is 16.2. The fourth-order valence-corrected chi connectivity index (χ4v) is 3.10. The number of nitrogens with one attached hydrogen (secondary N) is 1. The molecule has 1 aromatic rings. The van der Waals surface area contributed by atoms with E-state index in [9.17, 15) is 9.59 Å². The van der Waals surface area contributed by atoms with E-state index in [0.717, 1.165) is 5.56 Å². The number of fused-ring (bicyclic) bond motifs is 1. The number of benzene rings is 1. The maximum Gasteiger partial charge on any atom is 0.271 e. The molecule has 2 amide bonds. The third-order valence-corrected chi connectivity index (χ3v) is 4.70. The van der Waals surface area contributed by atoms with Crippen LogP contribution in [-0.4, -0.2) is 35.5 Å². The second-order valence-corrected chi connectivity index (χ2v) is 7.47. The van der Waals surface area contributed by atoms with Crippen LogP contribution in [0.4, 0.5) is 0 Å². The summed E-state index contributed by atoms with van der Waals surface area (Å²) in [5, 5.41) is 4.13. The summed E-state index contributed by atoms with van der Waals surface area (Å²) >= 11 is 0. The maximum atomic E-state index is 12.4. The first-order valence-corrected chi connectivity index (χ1v) is 8.39. The van der Waals surface area contributed by atoms with Crippen molar-refractivity contribution in [1.82, 2.24) is 10.3 Å². The Kier molecular flexibility index (Phi) is 4.33. The van der Waals surface area contributed by atoms with Gasteiger partial charge in [-0.15, -0.1) is 0 Å². The van der Waals surface area contributed by atoms with E-state index in [2.05, 4.69) is 31.3 Å². The van der Waals surface area contributed by atoms with Crippen LogP contribution in [0.5, 0.6) is 0 Å². The van der Waals surface area contributed by atoms with Crippen LogP contribution in [0.2, 0.25) is 0 Å². The zero-order valence-electron chi connectivity index (χ0n) is 15.0. The lowest BCUT2D eigenvalue weighted by atomic mass is 9.87. The van der Waals surface area contributed by atoms with Gasteiger partial charge in [0.15, 0.2) is 0 Å². The van der Waals surface area contributed by atoms with Crippen molar-refractivity contribution in [2.75, 3.05) is 7.05 Å². The van der Waals surface area contributed by atoms with Gasteiger partial charge in [0.05, 0.1) is 12.0 Å². The number of hydrogen-bond donors (Lipinski definition) is 1. The summed E-state index contributed by atoms with van der Waals surface area (Å²) in [6.45, 7) is 6.37. The molecule has 1 heterocycles. The van der Waals surface area contributed by atoms with Gasteiger partial charge in [0, 0.05) is 12.6 Å². The van der Waals surface area contributed by atoms with E-state index >= 15 is 0 Å². The van der Waals surface area contributed by atoms with E-state index in [4.69, 9.17) is 0 Å². The van der Waals surface area contributed by atoms with Crippen LogP contribution in [0.15, 0.2) is 53.7 Å². The lowest BCUT2D eigenvalue weighted by Gasteiger charge is -2.20. The highest BCUT2D eigenvalue weighted by Crippen LogP contribution is 2.27. The van der Waals surface area contributed by atoms with E-state index in [1.807, 2.05) is 36.4 Å². The molecule has 0 spiro atoms. The van der Waals surface area contributed by atoms with E-state index in [0.29, 0.717) is 11.3 Å². The average molecular weight is 337 g/mol. The zero-order valence-corrected chi connectivity index (χ0v) is 15.0. The molecule has 5 heteroatoms. The van der Waals surface area contributed by atoms with Gasteiger partial charge in [-0.25, -0.2) is 5.43 Å². The summed E-state index contributed by atoms with van der Waals surface area (Å²) < 4.78 is 0. The predicted octanol–water partition coefficient (Wildman–Crippen LogP) is 2.65. The minimum absolute atomic E-state index is 0.0285. The van der Waals surface area contributed by atoms with E-state index in [-0.39, 0.29) is 29.2 Å². The Morgan fingerprint density at radius 2 is 1.76 bits per heavy atom. The van der Waals surface area contributed by atoms with Crippen LogP contribution in [0, 0.1) is 5.92 Å². The molecule has 3 rings (SSSR count). The highest BCUT2D eigenvalue weighted by molar-refractivity contribution is 6.42. The van der Waals surface area contributed by atoms with Crippen molar-refractivity contribution in [3.05, 3.63) is 59.7 Å². The molecule has 0 bridgehead atoms. The van der Waals surface area contributed by atoms with E-state index < -0.39 is 0 Å². The molecule has 2 atom stereocenters. The van der Waals surface area contributed by atoms with E-state index in [1.54, 1.807) is 24.1 Å². The number of likely N-dealkylation sites (N-methyl/N-ethyl adjacent to an activating group) is 1. The number of amides is 2. The SMILES string of the molecule is CN1C(=O)C(=NNC(=O)c2ccc(C(C)(C)C)cc2)C2C=CC=CC21. The number of allylic oxidation sites excluding steroid dienone is 2. The lowest BCUT2D eigenvalue weighted by molar-refractivity contribution is -0.122. The van der Waals surface area contributed by atoms with Gasteiger partial charge in [-0.05, 0) is 23.1 Å². The number of likely N-dealkylation sites (tertiary alicyclic amines) is 1. The summed E-state index contributed by atoms with van der Waals surface area (Å²) in [7, 11) is 1.75. The van der Waals surface area contributed by atoms with Crippen LogP contribution >= 0.6 is 0 Å². The van der Waals surface area contributed by atoms with Crippen molar-refractivity contribution in [1.29, 1.82) is 0 Å². The second kappa shape index (κ2) is 6.31. The number of carbonyl (C=O) groups excluding carboxylic acids is 2. The Labute approximate surface area is 148 Å². The summed E-state index contributed by atoms with van der Waals surface area (Å²) in [6, 6.07) is 7.43. The molecule has 2 aliphatic rings. The quantitative estimate of drug-likeness (QED) is 0.844. The smallest absolute Gasteiger partial charge is 0.271 e. The molecule has 1 N–H and O–H groups in total. The first-order valence-electron chi connectivity index (χ1n) is 8.39. The average Bonchev–Trinajstić information content (AvgIpc) is 2.83. The normalized spacial score (nSPS) is 23.9. The van der Waals surface area contributed by atoms with Crippen LogP contribution in [0.1, 0.15) is 36.7 Å². The van der Waals surface area contributed by atoms with Crippen LogP contribution < -0.4 is 5.43 Å². The topological polar surface area (TPSA) is 61.8 Å². The van der Waals surface area contributed by atoms with Gasteiger partial charge in [-0.1, -0.05) is 57.2 Å². The minimum Gasteiger partial charge on any atom is -0.333 e.